The van der Waals surface area contributed by atoms with E-state index in [1.807, 2.05) is 0 Å². The molecule has 0 radical (unpaired) electrons. The summed E-state index contributed by atoms with van der Waals surface area (Å²) in [5, 5.41) is 0. The van der Waals surface area contributed by atoms with Gasteiger partial charge in [-0.3, -0.25) is 9.69 Å². The summed E-state index contributed by atoms with van der Waals surface area (Å²) < 4.78 is 5.08. The molecule has 0 unspecified atom stereocenters. The van der Waals surface area contributed by atoms with Crippen molar-refractivity contribution in [2.75, 3.05) is 11.9 Å². The van der Waals surface area contributed by atoms with Crippen LogP contribution >= 0.6 is 0 Å². The van der Waals surface area contributed by atoms with E-state index < -0.39 is 6.09 Å². The predicted molar refractivity (Wildman–Crippen MR) is 65.6 cm³/mol. The van der Waals surface area contributed by atoms with E-state index in [-0.39, 0.29) is 11.9 Å². The number of rotatable bonds is 3. The number of aromatic nitrogens is 1. The third kappa shape index (κ3) is 2.87. The molecular formula is C12H18N2O3. The lowest BCUT2D eigenvalue weighted by atomic mass is 10.2. The van der Waals surface area contributed by atoms with E-state index in [0.29, 0.717) is 11.4 Å². The Morgan fingerprint density at radius 3 is 2.41 bits per heavy atom. The quantitative estimate of drug-likeness (QED) is 0.823. The van der Waals surface area contributed by atoms with Crippen LogP contribution in [0.15, 0.2) is 6.20 Å². The molecular weight excluding hydrogens is 220 g/mol. The van der Waals surface area contributed by atoms with Gasteiger partial charge in [-0.15, -0.1) is 0 Å². The molecule has 0 saturated carbocycles. The largest absolute Gasteiger partial charge is 0.446 e. The summed E-state index contributed by atoms with van der Waals surface area (Å²) in [6.07, 6.45) is 1.03. The van der Waals surface area contributed by atoms with Crippen molar-refractivity contribution in [2.45, 2.75) is 33.8 Å². The van der Waals surface area contributed by atoms with E-state index in [1.165, 1.54) is 11.8 Å². The normalized spacial score (nSPS) is 10.5. The van der Waals surface area contributed by atoms with Crippen LogP contribution in [0, 0.1) is 6.92 Å². The van der Waals surface area contributed by atoms with Gasteiger partial charge in [0.25, 0.3) is 0 Å². The Kier molecular flexibility index (Phi) is 3.93. The third-order valence-corrected chi connectivity index (χ3v) is 2.44. The van der Waals surface area contributed by atoms with Gasteiger partial charge in [-0.25, -0.2) is 4.79 Å². The Morgan fingerprint density at radius 1 is 1.41 bits per heavy atom. The van der Waals surface area contributed by atoms with Gasteiger partial charge in [0.2, 0.25) is 0 Å². The van der Waals surface area contributed by atoms with E-state index in [2.05, 4.69) is 4.98 Å². The van der Waals surface area contributed by atoms with Crippen LogP contribution in [0.1, 0.15) is 36.8 Å². The van der Waals surface area contributed by atoms with Gasteiger partial charge in [0.1, 0.15) is 0 Å². The number of ketones is 1. The number of aromatic amines is 1. The maximum absolute atomic E-state index is 11.7. The first kappa shape index (κ1) is 13.3. The molecule has 94 valence electrons. The minimum atomic E-state index is -0.433. The molecule has 1 aromatic heterocycles. The van der Waals surface area contributed by atoms with Crippen molar-refractivity contribution >= 4 is 17.6 Å². The first-order chi connectivity index (χ1) is 7.84. The van der Waals surface area contributed by atoms with Crippen LogP contribution in [0.2, 0.25) is 0 Å². The van der Waals surface area contributed by atoms with Gasteiger partial charge in [0, 0.05) is 25.7 Å². The smallest absolute Gasteiger partial charge is 0.414 e. The Hall–Kier alpha value is -1.78. The van der Waals surface area contributed by atoms with E-state index in [0.717, 1.165) is 5.56 Å². The third-order valence-electron chi connectivity index (χ3n) is 2.44. The number of nitrogens with one attached hydrogen (secondary N) is 1. The van der Waals surface area contributed by atoms with Gasteiger partial charge >= 0.3 is 6.09 Å². The molecule has 0 aliphatic rings. The molecule has 1 rings (SSSR count). The van der Waals surface area contributed by atoms with Crippen molar-refractivity contribution in [3.63, 3.8) is 0 Å². The fraction of sp³-hybridized carbons (Fsp3) is 0.500. The van der Waals surface area contributed by atoms with Crippen LogP contribution in [0.3, 0.4) is 0 Å². The average molecular weight is 238 g/mol. The lowest BCUT2D eigenvalue weighted by Gasteiger charge is -2.18. The van der Waals surface area contributed by atoms with E-state index >= 15 is 0 Å². The van der Waals surface area contributed by atoms with Crippen LogP contribution in [0.4, 0.5) is 10.5 Å². The Morgan fingerprint density at radius 2 is 2.00 bits per heavy atom. The maximum Gasteiger partial charge on any atom is 0.414 e. The summed E-state index contributed by atoms with van der Waals surface area (Å²) >= 11 is 0. The molecule has 0 aliphatic carbocycles. The summed E-state index contributed by atoms with van der Waals surface area (Å²) in [6, 6.07) is 0. The Labute approximate surface area is 101 Å². The number of carbonyl (C=O) groups excluding carboxylic acids is 2. The number of ether oxygens (including phenoxy) is 1. The molecule has 0 fully saturated rings. The molecule has 17 heavy (non-hydrogen) atoms. The molecule has 1 aromatic rings. The highest BCUT2D eigenvalue weighted by Gasteiger charge is 2.19. The average Bonchev–Trinajstić information content (AvgIpc) is 2.57. The standard InChI is InChI=1S/C12H18N2O3/c1-7(2)17-12(16)14(5)10-6-13-11(8(10)3)9(4)15/h6-7,13H,1-5H3. The monoisotopic (exact) mass is 238 g/mol. The van der Waals surface area contributed by atoms with E-state index in [9.17, 15) is 9.59 Å². The molecule has 1 N–H and O–H groups in total. The van der Waals surface area contributed by atoms with Crippen molar-refractivity contribution in [2.24, 2.45) is 0 Å². The molecule has 5 nitrogen and oxygen atoms in total. The lowest BCUT2D eigenvalue weighted by molar-refractivity contribution is 0.101. The zero-order valence-electron chi connectivity index (χ0n) is 10.8. The van der Waals surface area contributed by atoms with Crippen LogP contribution in [0.5, 0.6) is 0 Å². The fourth-order valence-corrected chi connectivity index (χ4v) is 1.58. The van der Waals surface area contributed by atoms with Gasteiger partial charge in [-0.1, -0.05) is 0 Å². The highest BCUT2D eigenvalue weighted by molar-refractivity contribution is 5.97. The lowest BCUT2D eigenvalue weighted by Crippen LogP contribution is -2.29. The summed E-state index contributed by atoms with van der Waals surface area (Å²) in [5.74, 6) is -0.0561. The Balaban J connectivity index is 2.93. The zero-order valence-corrected chi connectivity index (χ0v) is 10.8. The topological polar surface area (TPSA) is 62.4 Å². The summed E-state index contributed by atoms with van der Waals surface area (Å²) in [7, 11) is 1.62. The number of carbonyl (C=O) groups is 2. The van der Waals surface area contributed by atoms with Crippen molar-refractivity contribution in [1.29, 1.82) is 0 Å². The molecule has 0 saturated heterocycles. The minimum Gasteiger partial charge on any atom is -0.446 e. The van der Waals surface area contributed by atoms with Crippen molar-refractivity contribution in [3.8, 4) is 0 Å². The van der Waals surface area contributed by atoms with Crippen LogP contribution in [0.25, 0.3) is 0 Å². The van der Waals surface area contributed by atoms with Crippen LogP contribution < -0.4 is 4.90 Å². The first-order valence-electron chi connectivity index (χ1n) is 5.47. The van der Waals surface area contributed by atoms with Gasteiger partial charge in [0.15, 0.2) is 5.78 Å². The summed E-state index contributed by atoms with van der Waals surface area (Å²) in [5.41, 5.74) is 1.92. The Bertz CT molecular complexity index is 435. The molecule has 1 heterocycles. The second-order valence-electron chi connectivity index (χ2n) is 4.22. The molecule has 5 heteroatoms. The summed E-state index contributed by atoms with van der Waals surface area (Å²) in [4.78, 5) is 27.2. The van der Waals surface area contributed by atoms with E-state index in [1.54, 1.807) is 34.0 Å². The molecule has 0 aromatic carbocycles. The van der Waals surface area contributed by atoms with Gasteiger partial charge in [-0.2, -0.15) is 0 Å². The highest BCUT2D eigenvalue weighted by Crippen LogP contribution is 2.23. The molecule has 0 aliphatic heterocycles. The second-order valence-corrected chi connectivity index (χ2v) is 4.22. The van der Waals surface area contributed by atoms with Crippen LogP contribution in [-0.4, -0.2) is 30.0 Å². The number of nitrogens with zero attached hydrogens (tertiary/aromatic N) is 1. The number of anilines is 1. The van der Waals surface area contributed by atoms with Gasteiger partial charge in [0.05, 0.1) is 17.5 Å². The SMILES string of the molecule is CC(=O)c1[nH]cc(N(C)C(=O)OC(C)C)c1C. The highest BCUT2D eigenvalue weighted by atomic mass is 16.6. The number of hydrogen-bond donors (Lipinski definition) is 1. The number of amides is 1. The summed E-state index contributed by atoms with van der Waals surface area (Å²) in [6.45, 7) is 6.85. The fourth-order valence-electron chi connectivity index (χ4n) is 1.58. The van der Waals surface area contributed by atoms with Crippen molar-refractivity contribution in [3.05, 3.63) is 17.5 Å². The van der Waals surface area contributed by atoms with Crippen molar-refractivity contribution < 1.29 is 14.3 Å². The molecule has 0 spiro atoms. The van der Waals surface area contributed by atoms with Gasteiger partial charge in [-0.05, 0) is 20.8 Å². The number of H-pyrrole nitrogens is 1. The first-order valence-corrected chi connectivity index (χ1v) is 5.47. The molecule has 0 bridgehead atoms. The number of hydrogen-bond acceptors (Lipinski definition) is 3. The predicted octanol–water partition coefficient (Wildman–Crippen LogP) is 2.51. The van der Waals surface area contributed by atoms with Crippen LogP contribution in [-0.2, 0) is 4.74 Å². The van der Waals surface area contributed by atoms with Gasteiger partial charge < -0.3 is 9.72 Å². The van der Waals surface area contributed by atoms with Crippen molar-refractivity contribution in [1.82, 2.24) is 4.98 Å². The number of Topliss-reactive ketones (excluding diaryl/α,β-unsaturated/α-hetero) is 1. The zero-order chi connectivity index (χ0) is 13.2. The molecule has 1 amide bonds. The van der Waals surface area contributed by atoms with E-state index in [4.69, 9.17) is 4.74 Å². The molecule has 0 atom stereocenters. The second kappa shape index (κ2) is 5.03. The maximum atomic E-state index is 11.7. The minimum absolute atomic E-state index is 0.0561.